The minimum atomic E-state index is -0.0183. The Morgan fingerprint density at radius 2 is 2.07 bits per heavy atom. The minimum absolute atomic E-state index is 0.0183. The van der Waals surface area contributed by atoms with Crippen molar-refractivity contribution in [1.29, 1.82) is 0 Å². The molecule has 0 aliphatic heterocycles. The number of rotatable bonds is 2. The average Bonchev–Trinajstić information content (AvgIpc) is 2.17. The highest BCUT2D eigenvalue weighted by molar-refractivity contribution is 5.73. The second kappa shape index (κ2) is 3.50. The predicted molar refractivity (Wildman–Crippen MR) is 58.7 cm³/mol. The van der Waals surface area contributed by atoms with E-state index in [1.54, 1.807) is 6.92 Å². The Balaban J connectivity index is 2.05. The Kier molecular flexibility index (Phi) is 2.56. The van der Waals surface area contributed by atoms with Crippen LogP contribution in [0.4, 0.5) is 0 Å². The van der Waals surface area contributed by atoms with Crippen LogP contribution < -0.4 is 0 Å². The zero-order valence-corrected chi connectivity index (χ0v) is 10.1. The Labute approximate surface area is 92.4 Å². The lowest BCUT2D eigenvalue weighted by molar-refractivity contribution is -0.170. The van der Waals surface area contributed by atoms with Crippen molar-refractivity contribution >= 4 is 5.97 Å². The molecule has 0 aromatic rings. The van der Waals surface area contributed by atoms with Crippen molar-refractivity contribution in [1.82, 2.24) is 0 Å². The van der Waals surface area contributed by atoms with Crippen LogP contribution in [0.1, 0.15) is 40.5 Å². The molecule has 15 heavy (non-hydrogen) atoms. The van der Waals surface area contributed by atoms with Crippen LogP contribution in [-0.2, 0) is 9.53 Å². The smallest absolute Gasteiger partial charge is 0.309 e. The van der Waals surface area contributed by atoms with E-state index in [1.165, 1.54) is 13.0 Å². The van der Waals surface area contributed by atoms with Crippen molar-refractivity contribution in [3.63, 3.8) is 0 Å². The number of hydrogen-bond acceptors (Lipinski definition) is 2. The van der Waals surface area contributed by atoms with Gasteiger partial charge >= 0.3 is 5.97 Å². The highest BCUT2D eigenvalue weighted by atomic mass is 16.5. The molecule has 2 heteroatoms. The van der Waals surface area contributed by atoms with Crippen LogP contribution in [0.2, 0.25) is 0 Å². The maximum absolute atomic E-state index is 11.7. The number of ether oxygens (including phenoxy) is 1. The molecule has 2 bridgehead atoms. The van der Waals surface area contributed by atoms with Gasteiger partial charge in [0.1, 0.15) is 6.61 Å². The summed E-state index contributed by atoms with van der Waals surface area (Å²) in [6.07, 6.45) is 2.34. The molecule has 3 aliphatic carbocycles. The monoisotopic (exact) mass is 209 g/mol. The van der Waals surface area contributed by atoms with Crippen molar-refractivity contribution in [3.8, 4) is 0 Å². The lowest BCUT2D eigenvalue weighted by Crippen LogP contribution is -2.56. The first kappa shape index (κ1) is 11.0. The van der Waals surface area contributed by atoms with Gasteiger partial charge in [-0.1, -0.05) is 20.8 Å². The summed E-state index contributed by atoms with van der Waals surface area (Å²) in [6.45, 7) is 10.2. The van der Waals surface area contributed by atoms with E-state index in [4.69, 9.17) is 4.74 Å². The Bertz CT molecular complexity index is 270. The Morgan fingerprint density at radius 1 is 1.40 bits per heavy atom. The van der Waals surface area contributed by atoms with Gasteiger partial charge in [0.05, 0.1) is 5.92 Å². The lowest BCUT2D eigenvalue weighted by atomic mass is 9.43. The van der Waals surface area contributed by atoms with Gasteiger partial charge in [0.15, 0.2) is 0 Å². The molecule has 2 nitrogen and oxygen atoms in total. The third-order valence-corrected chi connectivity index (χ3v) is 4.89. The van der Waals surface area contributed by atoms with Crippen molar-refractivity contribution in [2.45, 2.75) is 40.5 Å². The van der Waals surface area contributed by atoms with E-state index in [1.807, 2.05) is 0 Å². The van der Waals surface area contributed by atoms with Gasteiger partial charge in [-0.3, -0.25) is 4.79 Å². The molecule has 0 N–H and O–H groups in total. The van der Waals surface area contributed by atoms with Crippen LogP contribution in [0, 0.1) is 35.7 Å². The van der Waals surface area contributed by atoms with E-state index in [0.29, 0.717) is 17.3 Å². The molecule has 3 rings (SSSR count). The molecular formula is C13H21O2. The maximum Gasteiger partial charge on any atom is 0.309 e. The fraction of sp³-hybridized carbons (Fsp3) is 0.846. The first-order valence-corrected chi connectivity index (χ1v) is 5.96. The van der Waals surface area contributed by atoms with Gasteiger partial charge in [-0.05, 0) is 42.9 Å². The van der Waals surface area contributed by atoms with Gasteiger partial charge in [-0.25, -0.2) is 0 Å². The van der Waals surface area contributed by atoms with Crippen LogP contribution in [-0.4, -0.2) is 5.97 Å². The lowest BCUT2D eigenvalue weighted by Gasteiger charge is -2.61. The standard InChI is InChI=1S/C13H21O2/c1-5-15-12(14)10-6-9-7-11(8(10)2)13(9,3)4/h5,8-11H,6-7H2,1-4H3. The molecule has 3 aliphatic rings. The zero-order chi connectivity index (χ0) is 11.2. The van der Waals surface area contributed by atoms with Crippen LogP contribution in [0.5, 0.6) is 0 Å². The summed E-state index contributed by atoms with van der Waals surface area (Å²) < 4.78 is 5.02. The highest BCUT2D eigenvalue weighted by Gasteiger charge is 2.57. The fourth-order valence-electron chi connectivity index (χ4n) is 3.66. The number of hydrogen-bond donors (Lipinski definition) is 0. The summed E-state index contributed by atoms with van der Waals surface area (Å²) in [6, 6.07) is 0. The summed E-state index contributed by atoms with van der Waals surface area (Å²) >= 11 is 0. The van der Waals surface area contributed by atoms with Crippen molar-refractivity contribution in [3.05, 3.63) is 6.61 Å². The molecule has 0 amide bonds. The van der Waals surface area contributed by atoms with Gasteiger partial charge in [-0.15, -0.1) is 0 Å². The van der Waals surface area contributed by atoms with Crippen molar-refractivity contribution < 1.29 is 9.53 Å². The molecule has 1 radical (unpaired) electrons. The van der Waals surface area contributed by atoms with Gasteiger partial charge < -0.3 is 4.74 Å². The van der Waals surface area contributed by atoms with Crippen molar-refractivity contribution in [2.24, 2.45) is 29.1 Å². The molecule has 0 heterocycles. The van der Waals surface area contributed by atoms with E-state index in [2.05, 4.69) is 20.8 Å². The predicted octanol–water partition coefficient (Wildman–Crippen LogP) is 3.03. The number of carbonyl (C=O) groups excluding carboxylic acids is 1. The normalized spacial score (nSPS) is 41.9. The van der Waals surface area contributed by atoms with Gasteiger partial charge in [0.25, 0.3) is 0 Å². The first-order chi connectivity index (χ1) is 6.98. The Hall–Kier alpha value is -0.530. The van der Waals surface area contributed by atoms with E-state index in [0.717, 1.165) is 12.3 Å². The fourth-order valence-corrected chi connectivity index (χ4v) is 3.66. The van der Waals surface area contributed by atoms with E-state index >= 15 is 0 Å². The van der Waals surface area contributed by atoms with Gasteiger partial charge in [0, 0.05) is 0 Å². The molecule has 4 unspecified atom stereocenters. The molecule has 0 spiro atoms. The molecule has 3 fully saturated rings. The number of fused-ring (bicyclic) bond motifs is 2. The van der Waals surface area contributed by atoms with Crippen LogP contribution in [0.25, 0.3) is 0 Å². The Morgan fingerprint density at radius 3 is 2.53 bits per heavy atom. The van der Waals surface area contributed by atoms with Gasteiger partial charge in [0.2, 0.25) is 0 Å². The molecule has 0 aromatic heterocycles. The molecular weight excluding hydrogens is 188 g/mol. The summed E-state index contributed by atoms with van der Waals surface area (Å²) in [5, 5.41) is 0. The van der Waals surface area contributed by atoms with Crippen LogP contribution >= 0.6 is 0 Å². The van der Waals surface area contributed by atoms with Crippen LogP contribution in [0.15, 0.2) is 0 Å². The highest BCUT2D eigenvalue weighted by Crippen LogP contribution is 2.63. The third kappa shape index (κ3) is 1.49. The first-order valence-electron chi connectivity index (χ1n) is 5.96. The minimum Gasteiger partial charge on any atom is -0.459 e. The SMILES string of the molecule is C[CH]OC(=O)C1CC2CC(C1C)C2(C)C. The summed E-state index contributed by atoms with van der Waals surface area (Å²) in [5.74, 6) is 2.05. The average molecular weight is 209 g/mol. The summed E-state index contributed by atoms with van der Waals surface area (Å²) in [7, 11) is 0. The quantitative estimate of drug-likeness (QED) is 0.653. The second-order valence-electron chi connectivity index (χ2n) is 5.73. The van der Waals surface area contributed by atoms with Crippen LogP contribution in [0.3, 0.4) is 0 Å². The van der Waals surface area contributed by atoms with E-state index in [-0.39, 0.29) is 11.9 Å². The second-order valence-corrected chi connectivity index (χ2v) is 5.73. The summed E-state index contributed by atoms with van der Waals surface area (Å²) in [4.78, 5) is 11.7. The van der Waals surface area contributed by atoms with Crippen molar-refractivity contribution in [2.75, 3.05) is 0 Å². The third-order valence-electron chi connectivity index (χ3n) is 4.89. The van der Waals surface area contributed by atoms with E-state index in [9.17, 15) is 4.79 Å². The molecule has 85 valence electrons. The summed E-state index contributed by atoms with van der Waals surface area (Å²) in [5.41, 5.74) is 0.451. The largest absolute Gasteiger partial charge is 0.459 e. The maximum atomic E-state index is 11.7. The molecule has 3 saturated carbocycles. The van der Waals surface area contributed by atoms with E-state index < -0.39 is 0 Å². The molecule has 0 aromatic carbocycles. The topological polar surface area (TPSA) is 26.3 Å². The zero-order valence-electron chi connectivity index (χ0n) is 10.1. The number of esters is 1. The number of carbonyl (C=O) groups is 1. The van der Waals surface area contributed by atoms with Gasteiger partial charge in [-0.2, -0.15) is 0 Å². The molecule has 0 saturated heterocycles. The molecule has 4 atom stereocenters.